The van der Waals surface area contributed by atoms with Crippen LogP contribution in [0, 0.1) is 6.92 Å². The third-order valence-electron chi connectivity index (χ3n) is 2.62. The smallest absolute Gasteiger partial charge is 0.229 e. The zero-order valence-electron chi connectivity index (χ0n) is 10.1. The molecule has 0 fully saturated rings. The first-order chi connectivity index (χ1) is 8.20. The fraction of sp³-hybridized carbons (Fsp3) is 0.231. The van der Waals surface area contributed by atoms with E-state index >= 15 is 0 Å². The Bertz CT molecular complexity index is 493. The molecule has 88 valence electrons. The number of nitrogens with zero attached hydrogens (tertiary/aromatic N) is 3. The van der Waals surface area contributed by atoms with Gasteiger partial charge in [-0.1, -0.05) is 12.1 Å². The minimum absolute atomic E-state index is 0.467. The molecule has 1 heterocycles. The van der Waals surface area contributed by atoms with E-state index in [2.05, 4.69) is 29.0 Å². The number of aromatic nitrogens is 2. The van der Waals surface area contributed by atoms with Gasteiger partial charge in [-0.05, 0) is 24.6 Å². The van der Waals surface area contributed by atoms with Crippen molar-refractivity contribution in [1.29, 1.82) is 0 Å². The molecule has 0 bridgehead atoms. The summed E-state index contributed by atoms with van der Waals surface area (Å²) < 4.78 is 0. The van der Waals surface area contributed by atoms with Crippen LogP contribution < -0.4 is 10.6 Å². The molecule has 0 aliphatic rings. The van der Waals surface area contributed by atoms with Crippen molar-refractivity contribution in [3.8, 4) is 0 Å². The summed E-state index contributed by atoms with van der Waals surface area (Å²) in [4.78, 5) is 10.5. The van der Waals surface area contributed by atoms with Crippen molar-refractivity contribution in [1.82, 2.24) is 9.97 Å². The molecule has 0 atom stereocenters. The number of nitrogens with two attached hydrogens (primary N) is 1. The Labute approximate surface area is 101 Å². The van der Waals surface area contributed by atoms with Crippen molar-refractivity contribution >= 4 is 11.6 Å². The third-order valence-corrected chi connectivity index (χ3v) is 2.62. The van der Waals surface area contributed by atoms with Gasteiger partial charge in [0.15, 0.2) is 0 Å². The minimum atomic E-state index is 0.467. The van der Waals surface area contributed by atoms with Gasteiger partial charge in [0.05, 0.1) is 0 Å². The highest BCUT2D eigenvalue weighted by Gasteiger charge is 2.06. The highest BCUT2D eigenvalue weighted by atomic mass is 15.2. The minimum Gasteiger partial charge on any atom is -0.326 e. The molecule has 0 saturated carbocycles. The largest absolute Gasteiger partial charge is 0.326 e. The molecular formula is C13H16N4. The van der Waals surface area contributed by atoms with Crippen LogP contribution in [0.25, 0.3) is 0 Å². The molecule has 0 aliphatic heterocycles. The Hall–Kier alpha value is -1.94. The van der Waals surface area contributed by atoms with Gasteiger partial charge in [0.1, 0.15) is 0 Å². The molecule has 0 unspecified atom stereocenters. The van der Waals surface area contributed by atoms with Crippen LogP contribution in [-0.2, 0) is 6.54 Å². The predicted molar refractivity (Wildman–Crippen MR) is 69.2 cm³/mol. The van der Waals surface area contributed by atoms with E-state index in [-0.39, 0.29) is 0 Å². The van der Waals surface area contributed by atoms with Crippen LogP contribution in [0.1, 0.15) is 11.1 Å². The van der Waals surface area contributed by atoms with E-state index < -0.39 is 0 Å². The van der Waals surface area contributed by atoms with Gasteiger partial charge in [0.25, 0.3) is 0 Å². The monoisotopic (exact) mass is 228 g/mol. The topological polar surface area (TPSA) is 55.0 Å². The molecule has 4 nitrogen and oxygen atoms in total. The Morgan fingerprint density at radius 1 is 1.24 bits per heavy atom. The van der Waals surface area contributed by atoms with Crippen molar-refractivity contribution < 1.29 is 0 Å². The molecule has 0 radical (unpaired) electrons. The Kier molecular flexibility index (Phi) is 3.35. The van der Waals surface area contributed by atoms with Crippen molar-refractivity contribution in [2.24, 2.45) is 5.73 Å². The van der Waals surface area contributed by atoms with Crippen LogP contribution in [0.2, 0.25) is 0 Å². The Morgan fingerprint density at radius 2 is 1.94 bits per heavy atom. The number of benzene rings is 1. The average molecular weight is 228 g/mol. The highest BCUT2D eigenvalue weighted by molar-refractivity contribution is 5.56. The molecular weight excluding hydrogens is 212 g/mol. The van der Waals surface area contributed by atoms with Gasteiger partial charge in [-0.15, -0.1) is 0 Å². The summed E-state index contributed by atoms with van der Waals surface area (Å²) in [5.41, 5.74) is 8.74. The summed E-state index contributed by atoms with van der Waals surface area (Å²) in [5.74, 6) is 0.674. The molecule has 1 aromatic heterocycles. The van der Waals surface area contributed by atoms with Crippen molar-refractivity contribution in [3.05, 3.63) is 47.8 Å². The average Bonchev–Trinajstić information content (AvgIpc) is 2.38. The lowest BCUT2D eigenvalue weighted by molar-refractivity contribution is 0.976. The van der Waals surface area contributed by atoms with Crippen LogP contribution >= 0.6 is 0 Å². The van der Waals surface area contributed by atoms with Gasteiger partial charge in [-0.2, -0.15) is 0 Å². The second-order valence-electron chi connectivity index (χ2n) is 3.99. The SMILES string of the molecule is Cc1cccc(N(C)c2ncc(CN)cn2)c1. The first kappa shape index (κ1) is 11.5. The third kappa shape index (κ3) is 2.60. The van der Waals surface area contributed by atoms with E-state index in [1.54, 1.807) is 12.4 Å². The van der Waals surface area contributed by atoms with Gasteiger partial charge >= 0.3 is 0 Å². The van der Waals surface area contributed by atoms with Gasteiger partial charge in [-0.25, -0.2) is 9.97 Å². The lowest BCUT2D eigenvalue weighted by Gasteiger charge is -2.17. The Morgan fingerprint density at radius 3 is 2.53 bits per heavy atom. The van der Waals surface area contributed by atoms with Crippen molar-refractivity contribution in [2.45, 2.75) is 13.5 Å². The lowest BCUT2D eigenvalue weighted by atomic mass is 10.2. The molecule has 17 heavy (non-hydrogen) atoms. The molecule has 4 heteroatoms. The van der Waals surface area contributed by atoms with Crippen molar-refractivity contribution in [3.63, 3.8) is 0 Å². The van der Waals surface area contributed by atoms with Crippen LogP contribution in [-0.4, -0.2) is 17.0 Å². The van der Waals surface area contributed by atoms with E-state index in [0.717, 1.165) is 11.3 Å². The second kappa shape index (κ2) is 4.93. The lowest BCUT2D eigenvalue weighted by Crippen LogP contribution is -2.13. The summed E-state index contributed by atoms with van der Waals surface area (Å²) >= 11 is 0. The molecule has 2 rings (SSSR count). The van der Waals surface area contributed by atoms with Gasteiger partial charge < -0.3 is 10.6 Å². The standard InChI is InChI=1S/C13H16N4/c1-10-4-3-5-12(6-10)17(2)13-15-8-11(7-14)9-16-13/h3-6,8-9H,7,14H2,1-2H3. The molecule has 0 aliphatic carbocycles. The highest BCUT2D eigenvalue weighted by Crippen LogP contribution is 2.20. The second-order valence-corrected chi connectivity index (χ2v) is 3.99. The number of hydrogen-bond donors (Lipinski definition) is 1. The quantitative estimate of drug-likeness (QED) is 0.873. The van der Waals surface area contributed by atoms with Crippen molar-refractivity contribution in [2.75, 3.05) is 11.9 Å². The zero-order chi connectivity index (χ0) is 12.3. The van der Waals surface area contributed by atoms with E-state index in [0.29, 0.717) is 12.5 Å². The Balaban J connectivity index is 2.27. The molecule has 2 aromatic rings. The zero-order valence-corrected chi connectivity index (χ0v) is 10.1. The van der Waals surface area contributed by atoms with E-state index in [1.165, 1.54) is 5.56 Å². The maximum Gasteiger partial charge on any atom is 0.229 e. The summed E-state index contributed by atoms with van der Waals surface area (Å²) in [6.45, 7) is 2.53. The number of aryl methyl sites for hydroxylation is 1. The fourth-order valence-electron chi connectivity index (χ4n) is 1.58. The number of hydrogen-bond acceptors (Lipinski definition) is 4. The van der Waals surface area contributed by atoms with Gasteiger partial charge in [-0.3, -0.25) is 0 Å². The molecule has 0 amide bonds. The fourth-order valence-corrected chi connectivity index (χ4v) is 1.58. The first-order valence-electron chi connectivity index (χ1n) is 5.52. The predicted octanol–water partition coefficient (Wildman–Crippen LogP) is 2.01. The summed E-state index contributed by atoms with van der Waals surface area (Å²) in [6, 6.07) is 8.22. The molecule has 0 saturated heterocycles. The molecule has 2 N–H and O–H groups in total. The maximum atomic E-state index is 5.51. The van der Waals surface area contributed by atoms with E-state index in [4.69, 9.17) is 5.73 Å². The summed E-state index contributed by atoms with van der Waals surface area (Å²) in [7, 11) is 1.95. The van der Waals surface area contributed by atoms with Crippen LogP contribution in [0.4, 0.5) is 11.6 Å². The first-order valence-corrected chi connectivity index (χ1v) is 5.52. The number of rotatable bonds is 3. The molecule has 0 spiro atoms. The van der Waals surface area contributed by atoms with Crippen LogP contribution in [0.15, 0.2) is 36.7 Å². The van der Waals surface area contributed by atoms with Crippen LogP contribution in [0.5, 0.6) is 0 Å². The van der Waals surface area contributed by atoms with Gasteiger partial charge in [0, 0.05) is 37.2 Å². The van der Waals surface area contributed by atoms with E-state index in [1.807, 2.05) is 24.1 Å². The summed E-state index contributed by atoms with van der Waals surface area (Å²) in [6.07, 6.45) is 3.52. The maximum absolute atomic E-state index is 5.51. The normalized spacial score (nSPS) is 10.3. The number of anilines is 2. The van der Waals surface area contributed by atoms with Gasteiger partial charge in [0.2, 0.25) is 5.95 Å². The summed E-state index contributed by atoms with van der Waals surface area (Å²) in [5, 5.41) is 0. The van der Waals surface area contributed by atoms with Crippen LogP contribution in [0.3, 0.4) is 0 Å². The van der Waals surface area contributed by atoms with E-state index in [9.17, 15) is 0 Å². The molecule has 1 aromatic carbocycles.